The molecule has 4 nitrogen and oxygen atoms in total. The number of hydrogen-bond acceptors (Lipinski definition) is 3. The average Bonchev–Trinajstić information content (AvgIpc) is 2.44. The summed E-state index contributed by atoms with van der Waals surface area (Å²) in [5.41, 5.74) is 0.587. The van der Waals surface area contributed by atoms with Crippen LogP contribution in [0.15, 0.2) is 27.6 Å². The quantitative estimate of drug-likeness (QED) is 0.849. The summed E-state index contributed by atoms with van der Waals surface area (Å²) in [5.74, 6) is 0.854. The lowest BCUT2D eigenvalue weighted by atomic mass is 9.78. The molecular weight excluding hydrogens is 354 g/mol. The molecule has 1 saturated carbocycles. The standard InChI is InChI=1S/C15H22BrNO3S/c1-10-4-3-5-14(11(10)2)17-21(19,20)15-8-12(9-18)6-7-13(15)16/h6-8,10-11,14,17-18H,3-5,9H2,1-2H3. The molecule has 0 radical (unpaired) electrons. The van der Waals surface area contributed by atoms with Gasteiger partial charge in [0, 0.05) is 10.5 Å². The summed E-state index contributed by atoms with van der Waals surface area (Å²) in [6.07, 6.45) is 3.08. The maximum Gasteiger partial charge on any atom is 0.241 e. The van der Waals surface area contributed by atoms with Crippen molar-refractivity contribution in [1.29, 1.82) is 0 Å². The van der Waals surface area contributed by atoms with Crippen LogP contribution in [0.2, 0.25) is 0 Å². The molecule has 0 aromatic heterocycles. The van der Waals surface area contributed by atoms with E-state index in [-0.39, 0.29) is 17.5 Å². The van der Waals surface area contributed by atoms with Crippen LogP contribution in [0.4, 0.5) is 0 Å². The number of benzene rings is 1. The molecule has 0 spiro atoms. The topological polar surface area (TPSA) is 66.4 Å². The lowest BCUT2D eigenvalue weighted by molar-refractivity contribution is 0.227. The lowest BCUT2D eigenvalue weighted by Gasteiger charge is -2.34. The predicted molar refractivity (Wildman–Crippen MR) is 86.4 cm³/mol. The van der Waals surface area contributed by atoms with Crippen molar-refractivity contribution in [3.05, 3.63) is 28.2 Å². The third-order valence-electron chi connectivity index (χ3n) is 4.48. The van der Waals surface area contributed by atoms with Gasteiger partial charge in [-0.2, -0.15) is 0 Å². The van der Waals surface area contributed by atoms with E-state index in [1.54, 1.807) is 12.1 Å². The van der Waals surface area contributed by atoms with E-state index in [0.29, 0.717) is 21.9 Å². The van der Waals surface area contributed by atoms with Crippen LogP contribution in [0.3, 0.4) is 0 Å². The maximum atomic E-state index is 12.6. The molecule has 1 aromatic rings. The largest absolute Gasteiger partial charge is 0.392 e. The van der Waals surface area contributed by atoms with Gasteiger partial charge in [-0.05, 0) is 51.9 Å². The molecule has 0 bridgehead atoms. The van der Waals surface area contributed by atoms with Crippen molar-refractivity contribution < 1.29 is 13.5 Å². The first-order valence-corrected chi connectivity index (χ1v) is 9.54. The van der Waals surface area contributed by atoms with Crippen LogP contribution in [0.5, 0.6) is 0 Å². The summed E-state index contributed by atoms with van der Waals surface area (Å²) >= 11 is 3.29. The third kappa shape index (κ3) is 3.86. The molecule has 0 heterocycles. The van der Waals surface area contributed by atoms with Gasteiger partial charge in [0.2, 0.25) is 10.0 Å². The van der Waals surface area contributed by atoms with Gasteiger partial charge < -0.3 is 5.11 Å². The zero-order valence-corrected chi connectivity index (χ0v) is 14.7. The van der Waals surface area contributed by atoms with E-state index in [1.165, 1.54) is 6.07 Å². The zero-order chi connectivity index (χ0) is 15.6. The van der Waals surface area contributed by atoms with Crippen LogP contribution in [0.25, 0.3) is 0 Å². The first-order chi connectivity index (χ1) is 9.85. The number of hydrogen-bond donors (Lipinski definition) is 2. The normalized spacial score (nSPS) is 26.8. The summed E-state index contributed by atoms with van der Waals surface area (Å²) in [4.78, 5) is 0.194. The Balaban J connectivity index is 2.26. The van der Waals surface area contributed by atoms with Crippen molar-refractivity contribution in [2.45, 2.75) is 50.7 Å². The summed E-state index contributed by atoms with van der Waals surface area (Å²) in [7, 11) is -3.59. The van der Waals surface area contributed by atoms with E-state index in [2.05, 4.69) is 34.5 Å². The molecule has 2 N–H and O–H groups in total. The number of sulfonamides is 1. The molecule has 1 aliphatic rings. The molecule has 1 aromatic carbocycles. The van der Waals surface area contributed by atoms with E-state index in [0.717, 1.165) is 19.3 Å². The first kappa shape index (κ1) is 16.9. The molecule has 3 atom stereocenters. The Morgan fingerprint density at radius 3 is 2.71 bits per heavy atom. The third-order valence-corrected chi connectivity index (χ3v) is 6.96. The van der Waals surface area contributed by atoms with Crippen LogP contribution >= 0.6 is 15.9 Å². The second-order valence-electron chi connectivity index (χ2n) is 5.92. The Kier molecular flexibility index (Phi) is 5.46. The minimum Gasteiger partial charge on any atom is -0.392 e. The smallest absolute Gasteiger partial charge is 0.241 e. The number of rotatable bonds is 4. The van der Waals surface area contributed by atoms with E-state index in [4.69, 9.17) is 0 Å². The van der Waals surface area contributed by atoms with E-state index < -0.39 is 10.0 Å². The fourth-order valence-electron chi connectivity index (χ4n) is 2.86. The molecule has 1 fully saturated rings. The molecule has 0 amide bonds. The lowest BCUT2D eigenvalue weighted by Crippen LogP contribution is -2.43. The van der Waals surface area contributed by atoms with Crippen molar-refractivity contribution in [2.24, 2.45) is 11.8 Å². The van der Waals surface area contributed by atoms with Crippen molar-refractivity contribution in [1.82, 2.24) is 4.72 Å². The highest BCUT2D eigenvalue weighted by molar-refractivity contribution is 9.10. The Morgan fingerprint density at radius 2 is 2.05 bits per heavy atom. The number of nitrogens with one attached hydrogen (secondary N) is 1. The maximum absolute atomic E-state index is 12.6. The fourth-order valence-corrected chi connectivity index (χ4v) is 5.24. The average molecular weight is 376 g/mol. The molecule has 2 rings (SSSR count). The Labute approximate surface area is 135 Å². The summed E-state index contributed by atoms with van der Waals surface area (Å²) in [6, 6.07) is 4.86. The molecule has 118 valence electrons. The highest BCUT2D eigenvalue weighted by Gasteiger charge is 2.31. The van der Waals surface area contributed by atoms with Crippen LogP contribution < -0.4 is 4.72 Å². The second-order valence-corrected chi connectivity index (χ2v) is 8.45. The SMILES string of the molecule is CC1CCCC(NS(=O)(=O)c2cc(CO)ccc2Br)C1C. The highest BCUT2D eigenvalue weighted by atomic mass is 79.9. The monoisotopic (exact) mass is 375 g/mol. The minimum atomic E-state index is -3.59. The molecular formula is C15H22BrNO3S. The fraction of sp³-hybridized carbons (Fsp3) is 0.600. The van der Waals surface area contributed by atoms with Gasteiger partial charge in [-0.25, -0.2) is 13.1 Å². The number of halogens is 1. The van der Waals surface area contributed by atoms with Crippen LogP contribution in [0, 0.1) is 11.8 Å². The number of aliphatic hydroxyl groups excluding tert-OH is 1. The highest BCUT2D eigenvalue weighted by Crippen LogP contribution is 2.31. The molecule has 1 aliphatic carbocycles. The zero-order valence-electron chi connectivity index (χ0n) is 12.3. The molecule has 0 aliphatic heterocycles. The van der Waals surface area contributed by atoms with Gasteiger partial charge in [-0.3, -0.25) is 0 Å². The Bertz CT molecular complexity index is 603. The molecule has 21 heavy (non-hydrogen) atoms. The summed E-state index contributed by atoms with van der Waals surface area (Å²) in [6.45, 7) is 4.11. The van der Waals surface area contributed by atoms with Gasteiger partial charge in [0.25, 0.3) is 0 Å². The predicted octanol–water partition coefficient (Wildman–Crippen LogP) is 3.04. The first-order valence-electron chi connectivity index (χ1n) is 7.26. The van der Waals surface area contributed by atoms with Gasteiger partial charge in [0.1, 0.15) is 0 Å². The van der Waals surface area contributed by atoms with Crippen LogP contribution in [-0.4, -0.2) is 19.6 Å². The van der Waals surface area contributed by atoms with E-state index in [1.807, 2.05) is 0 Å². The second kappa shape index (κ2) is 6.77. The van der Waals surface area contributed by atoms with Crippen molar-refractivity contribution in [3.63, 3.8) is 0 Å². The Morgan fingerprint density at radius 1 is 1.33 bits per heavy atom. The van der Waals surface area contributed by atoms with Crippen molar-refractivity contribution in [2.75, 3.05) is 0 Å². The van der Waals surface area contributed by atoms with Crippen molar-refractivity contribution in [3.8, 4) is 0 Å². The van der Waals surface area contributed by atoms with Crippen LogP contribution in [0.1, 0.15) is 38.7 Å². The van der Waals surface area contributed by atoms with Gasteiger partial charge in [-0.1, -0.05) is 32.8 Å². The van der Waals surface area contributed by atoms with E-state index >= 15 is 0 Å². The van der Waals surface area contributed by atoms with Gasteiger partial charge in [0.15, 0.2) is 0 Å². The van der Waals surface area contributed by atoms with Crippen LogP contribution in [-0.2, 0) is 16.6 Å². The van der Waals surface area contributed by atoms with E-state index in [9.17, 15) is 13.5 Å². The molecule has 6 heteroatoms. The molecule has 3 unspecified atom stereocenters. The minimum absolute atomic E-state index is 0.0246. The summed E-state index contributed by atoms with van der Waals surface area (Å²) < 4.78 is 28.6. The van der Waals surface area contributed by atoms with Crippen molar-refractivity contribution >= 4 is 26.0 Å². The number of aliphatic hydroxyl groups is 1. The van der Waals surface area contributed by atoms with Gasteiger partial charge in [0.05, 0.1) is 11.5 Å². The molecule has 0 saturated heterocycles. The van der Waals surface area contributed by atoms with Gasteiger partial charge >= 0.3 is 0 Å². The Hall–Kier alpha value is -0.430. The summed E-state index contributed by atoms with van der Waals surface area (Å²) in [5, 5.41) is 9.19. The van der Waals surface area contributed by atoms with Gasteiger partial charge in [-0.15, -0.1) is 0 Å².